The Balaban J connectivity index is 2.11. The number of benzene rings is 2. The van der Waals surface area contributed by atoms with E-state index in [1.807, 2.05) is 0 Å². The van der Waals surface area contributed by atoms with E-state index in [2.05, 4.69) is 0 Å². The Hall–Kier alpha value is -1.16. The molecule has 1 nitrogen and oxygen atoms in total. The van der Waals surface area contributed by atoms with Crippen molar-refractivity contribution in [3.8, 4) is 0 Å². The number of hydrogen-bond donors (Lipinski definition) is 1. The molecule has 0 aliphatic heterocycles. The van der Waals surface area contributed by atoms with Crippen molar-refractivity contribution in [2.45, 2.75) is 18.9 Å². The van der Waals surface area contributed by atoms with Crippen LogP contribution in [-0.4, -0.2) is 6.04 Å². The van der Waals surface area contributed by atoms with E-state index in [9.17, 15) is 8.78 Å². The van der Waals surface area contributed by atoms with E-state index in [1.54, 1.807) is 12.1 Å². The summed E-state index contributed by atoms with van der Waals surface area (Å²) in [4.78, 5) is 0. The zero-order valence-electron chi connectivity index (χ0n) is 10.5. The minimum atomic E-state index is -0.463. The molecule has 0 spiro atoms. The third kappa shape index (κ3) is 3.69. The number of halogens is 4. The summed E-state index contributed by atoms with van der Waals surface area (Å²) in [6.07, 6.45) is 0.668. The molecule has 0 aliphatic rings. The van der Waals surface area contributed by atoms with Crippen molar-refractivity contribution >= 4 is 23.2 Å². The van der Waals surface area contributed by atoms with Gasteiger partial charge in [-0.15, -0.1) is 0 Å². The average Bonchev–Trinajstić information content (AvgIpc) is 2.39. The fourth-order valence-corrected chi connectivity index (χ4v) is 2.43. The van der Waals surface area contributed by atoms with Crippen molar-refractivity contribution in [3.63, 3.8) is 0 Å². The first-order chi connectivity index (χ1) is 9.47. The maximum atomic E-state index is 13.8. The van der Waals surface area contributed by atoms with Crippen LogP contribution < -0.4 is 5.73 Å². The number of nitrogens with two attached hydrogens (primary N) is 1. The van der Waals surface area contributed by atoms with Gasteiger partial charge in [0.15, 0.2) is 0 Å². The van der Waals surface area contributed by atoms with Crippen molar-refractivity contribution in [2.75, 3.05) is 0 Å². The first-order valence-electron chi connectivity index (χ1n) is 6.09. The highest BCUT2D eigenvalue weighted by Gasteiger charge is 2.13. The first kappa shape index (κ1) is 15.2. The van der Waals surface area contributed by atoms with E-state index < -0.39 is 5.82 Å². The average molecular weight is 316 g/mol. The molecule has 106 valence electrons. The quantitative estimate of drug-likeness (QED) is 0.890. The largest absolute Gasteiger partial charge is 0.327 e. The summed E-state index contributed by atoms with van der Waals surface area (Å²) in [6.45, 7) is 0. The first-order valence-corrected chi connectivity index (χ1v) is 6.85. The van der Waals surface area contributed by atoms with Gasteiger partial charge in [0.05, 0.1) is 5.02 Å². The molecule has 0 radical (unpaired) electrons. The van der Waals surface area contributed by atoms with Gasteiger partial charge < -0.3 is 5.73 Å². The van der Waals surface area contributed by atoms with Gasteiger partial charge in [-0.3, -0.25) is 0 Å². The molecular weight excluding hydrogens is 303 g/mol. The molecule has 1 atom stereocenters. The van der Waals surface area contributed by atoms with Crippen LogP contribution in [0.1, 0.15) is 11.1 Å². The molecule has 2 rings (SSSR count). The van der Waals surface area contributed by atoms with Crippen molar-refractivity contribution in [3.05, 3.63) is 69.2 Å². The Kier molecular flexibility index (Phi) is 4.97. The Morgan fingerprint density at radius 3 is 2.40 bits per heavy atom. The molecule has 2 aromatic rings. The lowest BCUT2D eigenvalue weighted by molar-refractivity contribution is 0.582. The standard InChI is InChI=1S/C15H13Cl2F2N/c16-13-5-4-11(18)6-10(13)8-12(20)7-9-2-1-3-14(17)15(9)19/h1-6,12H,7-8,20H2. The van der Waals surface area contributed by atoms with Crippen molar-refractivity contribution in [1.82, 2.24) is 0 Å². The van der Waals surface area contributed by atoms with Crippen molar-refractivity contribution in [2.24, 2.45) is 5.73 Å². The SMILES string of the molecule is NC(Cc1cc(F)ccc1Cl)Cc1cccc(Cl)c1F. The van der Waals surface area contributed by atoms with Crippen molar-refractivity contribution < 1.29 is 8.78 Å². The summed E-state index contributed by atoms with van der Waals surface area (Å²) in [5.41, 5.74) is 7.04. The van der Waals surface area contributed by atoms with Crippen LogP contribution in [0.4, 0.5) is 8.78 Å². The highest BCUT2D eigenvalue weighted by molar-refractivity contribution is 6.31. The van der Waals surface area contributed by atoms with Gasteiger partial charge in [-0.05, 0) is 48.2 Å². The molecule has 0 aromatic heterocycles. The molecule has 0 heterocycles. The second-order valence-corrected chi connectivity index (χ2v) is 5.43. The Morgan fingerprint density at radius 2 is 1.65 bits per heavy atom. The van der Waals surface area contributed by atoms with Crippen LogP contribution in [0.25, 0.3) is 0 Å². The van der Waals surface area contributed by atoms with Crippen LogP contribution in [0, 0.1) is 11.6 Å². The van der Waals surface area contributed by atoms with Crippen LogP contribution in [0.5, 0.6) is 0 Å². The molecule has 0 saturated heterocycles. The molecule has 0 fully saturated rings. The second kappa shape index (κ2) is 6.53. The van der Waals surface area contributed by atoms with Gasteiger partial charge in [0.2, 0.25) is 0 Å². The molecule has 0 saturated carbocycles. The van der Waals surface area contributed by atoms with E-state index in [1.165, 1.54) is 24.3 Å². The lowest BCUT2D eigenvalue weighted by atomic mass is 9.99. The van der Waals surface area contributed by atoms with Gasteiger partial charge in [-0.2, -0.15) is 0 Å². The monoisotopic (exact) mass is 315 g/mol. The van der Waals surface area contributed by atoms with E-state index >= 15 is 0 Å². The molecule has 0 bridgehead atoms. The maximum Gasteiger partial charge on any atom is 0.145 e. The third-order valence-corrected chi connectivity index (χ3v) is 3.66. The molecule has 2 N–H and O–H groups in total. The molecule has 20 heavy (non-hydrogen) atoms. The van der Waals surface area contributed by atoms with Gasteiger partial charge in [0, 0.05) is 11.1 Å². The normalized spacial score (nSPS) is 12.4. The molecule has 0 amide bonds. The Bertz CT molecular complexity index is 613. The van der Waals surface area contributed by atoms with E-state index in [-0.39, 0.29) is 16.9 Å². The van der Waals surface area contributed by atoms with Gasteiger partial charge in [-0.25, -0.2) is 8.78 Å². The summed E-state index contributed by atoms with van der Waals surface area (Å²) >= 11 is 11.7. The van der Waals surface area contributed by atoms with Crippen LogP contribution in [0.2, 0.25) is 10.0 Å². The Labute approximate surface area is 126 Å². The molecule has 0 aliphatic carbocycles. The predicted molar refractivity (Wildman–Crippen MR) is 78.2 cm³/mol. The third-order valence-electron chi connectivity index (χ3n) is 3.00. The number of hydrogen-bond acceptors (Lipinski definition) is 1. The van der Waals surface area contributed by atoms with E-state index in [4.69, 9.17) is 28.9 Å². The van der Waals surface area contributed by atoms with E-state index in [0.717, 1.165) is 0 Å². The van der Waals surface area contributed by atoms with Gasteiger partial charge >= 0.3 is 0 Å². The highest BCUT2D eigenvalue weighted by atomic mass is 35.5. The zero-order valence-corrected chi connectivity index (χ0v) is 12.1. The summed E-state index contributed by atoms with van der Waals surface area (Å²) in [6, 6.07) is 8.53. The lowest BCUT2D eigenvalue weighted by Gasteiger charge is -2.14. The smallest absolute Gasteiger partial charge is 0.145 e. The minimum Gasteiger partial charge on any atom is -0.327 e. The highest BCUT2D eigenvalue weighted by Crippen LogP contribution is 2.22. The van der Waals surface area contributed by atoms with Crippen LogP contribution in [-0.2, 0) is 12.8 Å². The molecule has 1 unspecified atom stereocenters. The Morgan fingerprint density at radius 1 is 0.950 bits per heavy atom. The summed E-state index contributed by atoms with van der Waals surface area (Å²) in [5.74, 6) is -0.833. The van der Waals surface area contributed by atoms with Crippen LogP contribution in [0.3, 0.4) is 0 Å². The molecular formula is C15H13Cl2F2N. The molecule has 5 heteroatoms. The van der Waals surface area contributed by atoms with E-state index in [0.29, 0.717) is 29.0 Å². The zero-order chi connectivity index (χ0) is 14.7. The fraction of sp³-hybridized carbons (Fsp3) is 0.200. The lowest BCUT2D eigenvalue weighted by Crippen LogP contribution is -2.26. The summed E-state index contributed by atoms with van der Waals surface area (Å²) < 4.78 is 26.9. The van der Waals surface area contributed by atoms with Gasteiger partial charge in [-0.1, -0.05) is 35.3 Å². The predicted octanol–water partition coefficient (Wildman–Crippen LogP) is 4.38. The van der Waals surface area contributed by atoms with Gasteiger partial charge in [0.25, 0.3) is 0 Å². The minimum absolute atomic E-state index is 0.0680. The maximum absolute atomic E-state index is 13.8. The second-order valence-electron chi connectivity index (χ2n) is 4.62. The number of rotatable bonds is 4. The molecule has 2 aromatic carbocycles. The topological polar surface area (TPSA) is 26.0 Å². The van der Waals surface area contributed by atoms with Crippen molar-refractivity contribution in [1.29, 1.82) is 0 Å². The summed E-state index contributed by atoms with van der Waals surface area (Å²) in [7, 11) is 0. The van der Waals surface area contributed by atoms with Crippen LogP contribution >= 0.6 is 23.2 Å². The fourth-order valence-electron chi connectivity index (χ4n) is 2.04. The summed E-state index contributed by atoms with van der Waals surface area (Å²) in [5, 5.41) is 0.520. The van der Waals surface area contributed by atoms with Gasteiger partial charge in [0.1, 0.15) is 11.6 Å². The van der Waals surface area contributed by atoms with Crippen LogP contribution in [0.15, 0.2) is 36.4 Å².